The Hall–Kier alpha value is -5.62. The molecule has 2 aromatic heterocycles. The van der Waals surface area contributed by atoms with Gasteiger partial charge in [-0.1, -0.05) is 67.3 Å². The van der Waals surface area contributed by atoms with Gasteiger partial charge in [-0.2, -0.15) is 15.0 Å². The average Bonchev–Trinajstić information content (AvgIpc) is 3.36. The molecule has 6 N–H and O–H groups in total. The number of aryl methyl sites for hydroxylation is 1. The smallest absolute Gasteiger partial charge is 0.252 e. The Balaban J connectivity index is 0.000000201. The molecule has 0 saturated carbocycles. The highest BCUT2D eigenvalue weighted by atomic mass is 16.3. The van der Waals surface area contributed by atoms with Gasteiger partial charge in [-0.15, -0.1) is 0 Å². The molecule has 5 aromatic rings. The molecule has 196 valence electrons. The summed E-state index contributed by atoms with van der Waals surface area (Å²) in [5, 5.41) is 28.0. The molecular formula is C30H30N8O. The number of allylic oxidation sites excluding steroid dienone is 2. The number of rotatable bonds is 5. The fourth-order valence-electron chi connectivity index (χ4n) is 3.43. The second kappa shape index (κ2) is 13.6. The number of aromatic nitrogens is 4. The average molecular weight is 519 g/mol. The van der Waals surface area contributed by atoms with Crippen LogP contribution >= 0.6 is 0 Å². The van der Waals surface area contributed by atoms with Gasteiger partial charge in [0, 0.05) is 35.6 Å². The van der Waals surface area contributed by atoms with Crippen molar-refractivity contribution in [2.24, 2.45) is 0 Å². The molecule has 0 unspecified atom stereocenters. The molecular weight excluding hydrogens is 488 g/mol. The number of nitriles is 1. The van der Waals surface area contributed by atoms with Crippen molar-refractivity contribution in [3.05, 3.63) is 121 Å². The molecule has 0 aliphatic heterocycles. The number of anilines is 3. The summed E-state index contributed by atoms with van der Waals surface area (Å²) in [6.07, 6.45) is 7.82. The minimum Gasteiger partial charge on any atom is -0.505 e. The summed E-state index contributed by atoms with van der Waals surface area (Å²) in [4.78, 5) is 7.91. The number of phenols is 1. The van der Waals surface area contributed by atoms with Gasteiger partial charge in [0.25, 0.3) is 5.95 Å². The third kappa shape index (κ3) is 7.21. The first-order valence-corrected chi connectivity index (χ1v) is 11.9. The highest BCUT2D eigenvalue weighted by molar-refractivity contribution is 5.96. The number of benzene rings is 3. The van der Waals surface area contributed by atoms with E-state index < -0.39 is 0 Å². The zero-order valence-corrected chi connectivity index (χ0v) is 21.6. The third-order valence-corrected chi connectivity index (χ3v) is 5.51. The van der Waals surface area contributed by atoms with Gasteiger partial charge < -0.3 is 21.9 Å². The molecule has 0 radical (unpaired) electrons. The van der Waals surface area contributed by atoms with Gasteiger partial charge >= 0.3 is 0 Å². The number of nitrogens with two attached hydrogens (primary N) is 2. The van der Waals surface area contributed by atoms with Crippen LogP contribution in [0.3, 0.4) is 0 Å². The number of nitrogen functional groups attached to an aromatic ring is 2. The first-order chi connectivity index (χ1) is 18.9. The molecule has 9 heteroatoms. The summed E-state index contributed by atoms with van der Waals surface area (Å²) < 4.78 is 1.32. The summed E-state index contributed by atoms with van der Waals surface area (Å²) in [6.45, 7) is 9.31. The number of nitrogens with one attached hydrogen (secondary N) is 1. The third-order valence-electron chi connectivity index (χ3n) is 5.51. The zero-order valence-electron chi connectivity index (χ0n) is 21.6. The van der Waals surface area contributed by atoms with Crippen molar-refractivity contribution in [1.29, 1.82) is 5.26 Å². The van der Waals surface area contributed by atoms with E-state index in [0.717, 1.165) is 22.0 Å². The van der Waals surface area contributed by atoms with Crippen molar-refractivity contribution in [3.8, 4) is 17.8 Å². The highest BCUT2D eigenvalue weighted by Crippen LogP contribution is 2.33. The fraction of sp³-hybridized carbons (Fsp3) is 0.0667. The first kappa shape index (κ1) is 28.0. The molecule has 0 bridgehead atoms. The monoisotopic (exact) mass is 518 g/mol. The van der Waals surface area contributed by atoms with Crippen LogP contribution in [0.25, 0.3) is 16.7 Å². The van der Waals surface area contributed by atoms with Crippen molar-refractivity contribution in [1.82, 2.24) is 19.7 Å². The summed E-state index contributed by atoms with van der Waals surface area (Å²) in [5.74, 6) is 0.763. The molecule has 39 heavy (non-hydrogen) atoms. The van der Waals surface area contributed by atoms with Crippen LogP contribution in [0.1, 0.15) is 16.7 Å². The van der Waals surface area contributed by atoms with Crippen molar-refractivity contribution >= 4 is 28.0 Å². The summed E-state index contributed by atoms with van der Waals surface area (Å²) in [5.41, 5.74) is 15.5. The zero-order chi connectivity index (χ0) is 28.2. The fourth-order valence-corrected chi connectivity index (χ4v) is 3.43. The number of nitrogens with zero attached hydrogens (tertiary/aromatic N) is 5. The predicted octanol–water partition coefficient (Wildman–Crippen LogP) is 5.52. The van der Waals surface area contributed by atoms with Crippen LogP contribution in [0.4, 0.5) is 17.2 Å². The van der Waals surface area contributed by atoms with Crippen LogP contribution in [-0.2, 0) is 6.54 Å². The van der Waals surface area contributed by atoms with Crippen LogP contribution in [0.5, 0.6) is 5.75 Å². The molecule has 0 fully saturated rings. The molecule has 2 heterocycles. The van der Waals surface area contributed by atoms with E-state index >= 15 is 0 Å². The quantitative estimate of drug-likeness (QED) is 0.135. The van der Waals surface area contributed by atoms with E-state index in [0.29, 0.717) is 23.7 Å². The van der Waals surface area contributed by atoms with Gasteiger partial charge in [0.2, 0.25) is 0 Å². The van der Waals surface area contributed by atoms with E-state index in [1.807, 2.05) is 48.5 Å². The molecule has 0 spiro atoms. The molecule has 0 amide bonds. The van der Waals surface area contributed by atoms with Crippen molar-refractivity contribution < 1.29 is 5.11 Å². The SMILES string of the molecule is C=CC=C.Cc1ccc(NCc2cc3ccccc3c(N)c2O)cc1.N#Cc1cnn(-c2ncccn2)c1N. The molecule has 0 atom stereocenters. The van der Waals surface area contributed by atoms with E-state index in [-0.39, 0.29) is 11.6 Å². The molecule has 0 aliphatic rings. The number of hydrogen-bond acceptors (Lipinski definition) is 8. The van der Waals surface area contributed by atoms with Gasteiger partial charge in [-0.3, -0.25) is 0 Å². The van der Waals surface area contributed by atoms with Crippen LogP contribution < -0.4 is 16.8 Å². The van der Waals surface area contributed by atoms with Crippen LogP contribution in [-0.4, -0.2) is 24.9 Å². The highest BCUT2D eigenvalue weighted by Gasteiger charge is 2.10. The van der Waals surface area contributed by atoms with E-state index in [9.17, 15) is 5.11 Å². The maximum absolute atomic E-state index is 10.3. The lowest BCUT2D eigenvalue weighted by Crippen LogP contribution is -2.06. The minimum absolute atomic E-state index is 0.160. The van der Waals surface area contributed by atoms with E-state index in [1.54, 1.807) is 30.6 Å². The summed E-state index contributed by atoms with van der Waals surface area (Å²) in [6, 6.07) is 21.5. The Morgan fingerprint density at radius 1 is 1.03 bits per heavy atom. The molecule has 0 saturated heterocycles. The lowest BCUT2D eigenvalue weighted by molar-refractivity contribution is 0.472. The van der Waals surface area contributed by atoms with Crippen molar-refractivity contribution in [3.63, 3.8) is 0 Å². The van der Waals surface area contributed by atoms with E-state index in [1.165, 1.54) is 16.4 Å². The minimum atomic E-state index is 0.160. The number of hydrogen-bond donors (Lipinski definition) is 4. The van der Waals surface area contributed by atoms with Crippen LogP contribution in [0.15, 0.2) is 105 Å². The molecule has 0 aliphatic carbocycles. The van der Waals surface area contributed by atoms with E-state index in [4.69, 9.17) is 16.7 Å². The predicted molar refractivity (Wildman–Crippen MR) is 157 cm³/mol. The lowest BCUT2D eigenvalue weighted by Gasteiger charge is -2.12. The number of phenolic OH excluding ortho intramolecular Hbond substituents is 1. The maximum atomic E-state index is 10.3. The largest absolute Gasteiger partial charge is 0.505 e. The summed E-state index contributed by atoms with van der Waals surface area (Å²) in [7, 11) is 0. The lowest BCUT2D eigenvalue weighted by atomic mass is 10.0. The summed E-state index contributed by atoms with van der Waals surface area (Å²) >= 11 is 0. The van der Waals surface area contributed by atoms with Gasteiger partial charge in [-0.25, -0.2) is 9.97 Å². The Morgan fingerprint density at radius 2 is 1.69 bits per heavy atom. The Morgan fingerprint density at radius 3 is 2.31 bits per heavy atom. The number of fused-ring (bicyclic) bond motifs is 1. The molecule has 9 nitrogen and oxygen atoms in total. The number of aromatic hydroxyl groups is 1. The maximum Gasteiger partial charge on any atom is 0.252 e. The van der Waals surface area contributed by atoms with Crippen LogP contribution in [0.2, 0.25) is 0 Å². The Labute approximate surface area is 227 Å². The van der Waals surface area contributed by atoms with Gasteiger partial charge in [0.15, 0.2) is 0 Å². The molecule has 3 aromatic carbocycles. The van der Waals surface area contributed by atoms with Crippen molar-refractivity contribution in [2.45, 2.75) is 13.5 Å². The van der Waals surface area contributed by atoms with Crippen molar-refractivity contribution in [2.75, 3.05) is 16.8 Å². The topological polar surface area (TPSA) is 152 Å². The second-order valence-corrected chi connectivity index (χ2v) is 8.23. The van der Waals surface area contributed by atoms with Gasteiger partial charge in [-0.05, 0) is 36.6 Å². The normalized spacial score (nSPS) is 9.74. The Bertz CT molecular complexity index is 1580. The standard InChI is InChI=1S/C18H18N2O.C8H6N6.C4H6/c1-12-6-8-15(9-7-12)20-11-14-10-13-4-2-3-5-16(13)17(19)18(14)21;9-4-6-5-13-14(7(6)10)8-11-2-1-3-12-8;1-3-4-2/h2-10,20-21H,11,19H2,1H3;1-3,5H,10H2;3-4H,1-2H2. The van der Waals surface area contributed by atoms with Crippen LogP contribution in [0, 0.1) is 18.3 Å². The van der Waals surface area contributed by atoms with E-state index in [2.05, 4.69) is 52.6 Å². The Kier molecular flexibility index (Phi) is 9.77. The molecule has 5 rings (SSSR count). The van der Waals surface area contributed by atoms with Gasteiger partial charge in [0.1, 0.15) is 23.2 Å². The first-order valence-electron chi connectivity index (χ1n) is 11.9. The second-order valence-electron chi connectivity index (χ2n) is 8.23. The van der Waals surface area contributed by atoms with Gasteiger partial charge in [0.05, 0.1) is 11.9 Å².